The van der Waals surface area contributed by atoms with Crippen molar-refractivity contribution in [2.45, 2.75) is 6.92 Å². The molecule has 1 aromatic carbocycles. The Morgan fingerprint density at radius 3 is 2.82 bits per heavy atom. The summed E-state index contributed by atoms with van der Waals surface area (Å²) in [7, 11) is 0. The van der Waals surface area contributed by atoms with Crippen LogP contribution in [0.2, 0.25) is 0 Å². The number of fused-ring (bicyclic) bond motifs is 1. The number of hydrogen-bond acceptors (Lipinski definition) is 2. The standard InChI is InChI=1S/C13H11N3O/c1-8-14-7-11(13(17)16-8)10-6-15-12-5-3-2-4-9(10)12/h2-7,15H,1H3,(H,14,16,17). The molecule has 0 saturated heterocycles. The lowest BCUT2D eigenvalue weighted by Gasteiger charge is -1.98. The molecule has 84 valence electrons. The SMILES string of the molecule is Cc1ncc(-c2c[nH]c3ccccc23)c(=O)[nH]1. The first kappa shape index (κ1) is 9.84. The number of rotatable bonds is 1. The van der Waals surface area contributed by atoms with Crippen molar-refractivity contribution in [2.75, 3.05) is 0 Å². The van der Waals surface area contributed by atoms with Crippen LogP contribution in [0.3, 0.4) is 0 Å². The topological polar surface area (TPSA) is 61.5 Å². The molecule has 0 atom stereocenters. The second-order valence-electron chi connectivity index (χ2n) is 3.96. The number of aromatic amines is 2. The van der Waals surface area contributed by atoms with E-state index in [2.05, 4.69) is 15.0 Å². The highest BCUT2D eigenvalue weighted by atomic mass is 16.1. The maximum Gasteiger partial charge on any atom is 0.258 e. The third kappa shape index (κ3) is 1.54. The third-order valence-electron chi connectivity index (χ3n) is 2.81. The molecule has 3 aromatic rings. The highest BCUT2D eigenvalue weighted by Gasteiger charge is 2.09. The van der Waals surface area contributed by atoms with Crippen molar-refractivity contribution in [1.82, 2.24) is 15.0 Å². The summed E-state index contributed by atoms with van der Waals surface area (Å²) in [6.45, 7) is 1.76. The van der Waals surface area contributed by atoms with Gasteiger partial charge in [0.1, 0.15) is 5.82 Å². The summed E-state index contributed by atoms with van der Waals surface area (Å²) in [4.78, 5) is 21.9. The van der Waals surface area contributed by atoms with E-state index in [1.165, 1.54) is 0 Å². The van der Waals surface area contributed by atoms with Crippen LogP contribution in [0.5, 0.6) is 0 Å². The minimum Gasteiger partial charge on any atom is -0.361 e. The maximum absolute atomic E-state index is 11.9. The molecule has 3 rings (SSSR count). The van der Waals surface area contributed by atoms with Crippen molar-refractivity contribution in [2.24, 2.45) is 0 Å². The molecule has 0 aliphatic heterocycles. The predicted molar refractivity (Wildman–Crippen MR) is 66.9 cm³/mol. The average Bonchev–Trinajstić information content (AvgIpc) is 2.73. The highest BCUT2D eigenvalue weighted by Crippen LogP contribution is 2.25. The van der Waals surface area contributed by atoms with E-state index in [1.807, 2.05) is 30.5 Å². The number of hydrogen-bond donors (Lipinski definition) is 2. The van der Waals surface area contributed by atoms with Gasteiger partial charge in [-0.25, -0.2) is 4.98 Å². The molecular weight excluding hydrogens is 214 g/mol. The molecule has 2 aromatic heterocycles. The highest BCUT2D eigenvalue weighted by molar-refractivity contribution is 5.95. The van der Waals surface area contributed by atoms with Crippen LogP contribution in [0.25, 0.3) is 22.0 Å². The number of aryl methyl sites for hydroxylation is 1. The summed E-state index contributed by atoms with van der Waals surface area (Å²) in [6, 6.07) is 7.88. The third-order valence-corrected chi connectivity index (χ3v) is 2.81. The number of H-pyrrole nitrogens is 2. The Hall–Kier alpha value is -2.36. The number of aromatic nitrogens is 3. The van der Waals surface area contributed by atoms with Gasteiger partial charge in [-0.05, 0) is 13.0 Å². The van der Waals surface area contributed by atoms with Crippen LogP contribution < -0.4 is 5.56 Å². The van der Waals surface area contributed by atoms with E-state index < -0.39 is 0 Å². The number of nitrogens with zero attached hydrogens (tertiary/aromatic N) is 1. The Balaban J connectivity index is 2.31. The van der Waals surface area contributed by atoms with Gasteiger partial charge in [0.05, 0.1) is 5.56 Å². The van der Waals surface area contributed by atoms with Gasteiger partial charge in [-0.1, -0.05) is 18.2 Å². The van der Waals surface area contributed by atoms with Crippen molar-refractivity contribution in [3.63, 3.8) is 0 Å². The van der Waals surface area contributed by atoms with Gasteiger partial charge in [0, 0.05) is 28.9 Å². The molecular formula is C13H11N3O. The van der Waals surface area contributed by atoms with Crippen molar-refractivity contribution in [3.8, 4) is 11.1 Å². The van der Waals surface area contributed by atoms with Crippen molar-refractivity contribution < 1.29 is 0 Å². The average molecular weight is 225 g/mol. The van der Waals surface area contributed by atoms with E-state index in [4.69, 9.17) is 0 Å². The Labute approximate surface area is 97.3 Å². The van der Waals surface area contributed by atoms with E-state index in [-0.39, 0.29) is 5.56 Å². The first-order chi connectivity index (χ1) is 8.25. The zero-order valence-electron chi connectivity index (χ0n) is 9.32. The normalized spacial score (nSPS) is 10.9. The van der Waals surface area contributed by atoms with E-state index in [0.29, 0.717) is 11.4 Å². The summed E-state index contributed by atoms with van der Waals surface area (Å²) in [5.74, 6) is 0.624. The van der Waals surface area contributed by atoms with Gasteiger partial charge in [-0.15, -0.1) is 0 Å². The lowest BCUT2D eigenvalue weighted by molar-refractivity contribution is 1.02. The lowest BCUT2D eigenvalue weighted by atomic mass is 10.1. The number of para-hydroxylation sites is 1. The minimum atomic E-state index is -0.109. The second-order valence-corrected chi connectivity index (χ2v) is 3.96. The quantitative estimate of drug-likeness (QED) is 0.667. The first-order valence-corrected chi connectivity index (χ1v) is 5.38. The molecule has 0 aliphatic rings. The zero-order valence-corrected chi connectivity index (χ0v) is 9.32. The molecule has 4 heteroatoms. The molecule has 0 amide bonds. The van der Waals surface area contributed by atoms with E-state index in [9.17, 15) is 4.79 Å². The van der Waals surface area contributed by atoms with Crippen LogP contribution in [0.4, 0.5) is 0 Å². The van der Waals surface area contributed by atoms with Crippen LogP contribution in [-0.2, 0) is 0 Å². The molecule has 0 aliphatic carbocycles. The molecule has 0 saturated carbocycles. The number of nitrogens with one attached hydrogen (secondary N) is 2. The fourth-order valence-corrected chi connectivity index (χ4v) is 1.97. The van der Waals surface area contributed by atoms with Crippen LogP contribution in [-0.4, -0.2) is 15.0 Å². The van der Waals surface area contributed by atoms with E-state index in [1.54, 1.807) is 13.1 Å². The molecule has 0 radical (unpaired) electrons. The van der Waals surface area contributed by atoms with Gasteiger partial charge in [-0.3, -0.25) is 4.79 Å². The van der Waals surface area contributed by atoms with Gasteiger partial charge in [-0.2, -0.15) is 0 Å². The first-order valence-electron chi connectivity index (χ1n) is 5.38. The van der Waals surface area contributed by atoms with Gasteiger partial charge in [0.2, 0.25) is 0 Å². The van der Waals surface area contributed by atoms with Crippen molar-refractivity contribution in [1.29, 1.82) is 0 Å². The zero-order chi connectivity index (χ0) is 11.8. The molecule has 4 nitrogen and oxygen atoms in total. The molecule has 0 bridgehead atoms. The van der Waals surface area contributed by atoms with E-state index in [0.717, 1.165) is 16.5 Å². The van der Waals surface area contributed by atoms with Crippen molar-refractivity contribution in [3.05, 3.63) is 52.8 Å². The number of benzene rings is 1. The molecule has 17 heavy (non-hydrogen) atoms. The molecule has 2 heterocycles. The van der Waals surface area contributed by atoms with Gasteiger partial charge in [0.15, 0.2) is 0 Å². The molecule has 2 N–H and O–H groups in total. The van der Waals surface area contributed by atoms with Crippen LogP contribution in [0.1, 0.15) is 5.82 Å². The Bertz CT molecular complexity index is 740. The second kappa shape index (κ2) is 3.59. The van der Waals surface area contributed by atoms with Crippen LogP contribution >= 0.6 is 0 Å². The Kier molecular flexibility index (Phi) is 2.08. The summed E-state index contributed by atoms with van der Waals surface area (Å²) >= 11 is 0. The van der Waals surface area contributed by atoms with Gasteiger partial charge >= 0.3 is 0 Å². The van der Waals surface area contributed by atoms with Crippen molar-refractivity contribution >= 4 is 10.9 Å². The fraction of sp³-hybridized carbons (Fsp3) is 0.0769. The monoisotopic (exact) mass is 225 g/mol. The maximum atomic E-state index is 11.9. The Morgan fingerprint density at radius 2 is 2.00 bits per heavy atom. The molecule has 0 unspecified atom stereocenters. The summed E-state index contributed by atoms with van der Waals surface area (Å²) in [6.07, 6.45) is 3.45. The Morgan fingerprint density at radius 1 is 1.18 bits per heavy atom. The predicted octanol–water partition coefficient (Wildman–Crippen LogP) is 2.23. The van der Waals surface area contributed by atoms with Gasteiger partial charge in [0.25, 0.3) is 5.56 Å². The van der Waals surface area contributed by atoms with Gasteiger partial charge < -0.3 is 9.97 Å². The smallest absolute Gasteiger partial charge is 0.258 e. The molecule has 0 spiro atoms. The van der Waals surface area contributed by atoms with Crippen LogP contribution in [0.15, 0.2) is 41.5 Å². The minimum absolute atomic E-state index is 0.109. The summed E-state index contributed by atoms with van der Waals surface area (Å²) < 4.78 is 0. The lowest BCUT2D eigenvalue weighted by Crippen LogP contribution is -2.11. The summed E-state index contributed by atoms with van der Waals surface area (Å²) in [5.41, 5.74) is 2.38. The van der Waals surface area contributed by atoms with Crippen LogP contribution in [0, 0.1) is 6.92 Å². The van der Waals surface area contributed by atoms with E-state index >= 15 is 0 Å². The largest absolute Gasteiger partial charge is 0.361 e. The summed E-state index contributed by atoms with van der Waals surface area (Å²) in [5, 5.41) is 1.03. The molecule has 0 fully saturated rings. The fourth-order valence-electron chi connectivity index (χ4n) is 1.97.